The second kappa shape index (κ2) is 6.29. The quantitative estimate of drug-likeness (QED) is 0.363. The number of nitro groups is 1. The second-order valence-electron chi connectivity index (χ2n) is 4.05. The van der Waals surface area contributed by atoms with Crippen LogP contribution >= 0.6 is 11.8 Å². The van der Waals surface area contributed by atoms with E-state index in [2.05, 4.69) is 0 Å². The number of thioether (sulfide) groups is 1. The van der Waals surface area contributed by atoms with E-state index >= 15 is 0 Å². The predicted molar refractivity (Wildman–Crippen MR) is 74.4 cm³/mol. The summed E-state index contributed by atoms with van der Waals surface area (Å²) in [5.74, 6) is -0.204. The smallest absolute Gasteiger partial charge is 0.272 e. The van der Waals surface area contributed by atoms with Crippen molar-refractivity contribution in [3.8, 4) is 0 Å². The zero-order chi connectivity index (χ0) is 14.5. The highest BCUT2D eigenvalue weighted by molar-refractivity contribution is 7.98. The number of carbonyl (C=O) groups excluding carboxylic acids is 1. The summed E-state index contributed by atoms with van der Waals surface area (Å²) in [6, 6.07) is 10.5. The largest absolute Gasteiger partial charge is 0.298 e. The molecule has 102 valence electrons. The maximum atomic E-state index is 13.3. The molecule has 2 rings (SSSR count). The molecule has 0 bridgehead atoms. The van der Waals surface area contributed by atoms with Crippen LogP contribution in [0.2, 0.25) is 0 Å². The molecule has 0 atom stereocenters. The van der Waals surface area contributed by atoms with E-state index in [1.165, 1.54) is 23.9 Å². The van der Waals surface area contributed by atoms with Crippen molar-refractivity contribution in [2.75, 3.05) is 0 Å². The molecule has 0 aliphatic rings. The first-order valence-corrected chi connectivity index (χ1v) is 6.69. The lowest BCUT2D eigenvalue weighted by Crippen LogP contribution is -1.92. The number of rotatable bonds is 5. The molecular formula is C14H10FNO3S. The fourth-order valence-corrected chi connectivity index (χ4v) is 2.46. The Hall–Kier alpha value is -2.21. The van der Waals surface area contributed by atoms with Gasteiger partial charge < -0.3 is 0 Å². The van der Waals surface area contributed by atoms with Gasteiger partial charge in [0.25, 0.3) is 5.69 Å². The fourth-order valence-electron chi connectivity index (χ4n) is 1.63. The summed E-state index contributed by atoms with van der Waals surface area (Å²) in [6.07, 6.45) is 0.754. The maximum absolute atomic E-state index is 13.3. The summed E-state index contributed by atoms with van der Waals surface area (Å²) in [5.41, 5.74) is 0.869. The molecule has 0 aromatic heterocycles. The minimum atomic E-state index is -0.619. The third-order valence-electron chi connectivity index (χ3n) is 2.57. The number of aldehydes is 1. The van der Waals surface area contributed by atoms with Crippen LogP contribution in [0.1, 0.15) is 15.9 Å². The van der Waals surface area contributed by atoms with Crippen LogP contribution in [-0.2, 0) is 5.75 Å². The van der Waals surface area contributed by atoms with Gasteiger partial charge in [0.05, 0.1) is 11.0 Å². The zero-order valence-electron chi connectivity index (χ0n) is 10.3. The van der Waals surface area contributed by atoms with Crippen LogP contribution in [0.25, 0.3) is 0 Å². The molecule has 0 radical (unpaired) electrons. The van der Waals surface area contributed by atoms with E-state index < -0.39 is 10.7 Å². The van der Waals surface area contributed by atoms with Gasteiger partial charge in [-0.3, -0.25) is 14.9 Å². The van der Waals surface area contributed by atoms with Crippen molar-refractivity contribution in [3.05, 3.63) is 69.5 Å². The first-order chi connectivity index (χ1) is 9.58. The van der Waals surface area contributed by atoms with Gasteiger partial charge in [-0.1, -0.05) is 12.1 Å². The Morgan fingerprint density at radius 2 is 1.90 bits per heavy atom. The average molecular weight is 291 g/mol. The van der Waals surface area contributed by atoms with Crippen LogP contribution < -0.4 is 0 Å². The summed E-state index contributed by atoms with van der Waals surface area (Å²) in [6.45, 7) is 0. The van der Waals surface area contributed by atoms with Gasteiger partial charge in [0.1, 0.15) is 12.1 Å². The third-order valence-corrected chi connectivity index (χ3v) is 3.66. The standard InChI is InChI=1S/C14H10FNO3S/c15-12-5-11(6-13(7-12)16(18)19)9-20-14-3-1-10(8-17)2-4-14/h1-8H,9H2. The molecule has 0 fully saturated rings. The van der Waals surface area contributed by atoms with Crippen LogP contribution in [0.3, 0.4) is 0 Å². The number of halogens is 1. The number of carbonyl (C=O) groups is 1. The van der Waals surface area contributed by atoms with Gasteiger partial charge in [0.2, 0.25) is 0 Å². The van der Waals surface area contributed by atoms with Crippen molar-refractivity contribution in [1.82, 2.24) is 0 Å². The molecule has 0 amide bonds. The number of non-ortho nitro benzene ring substituents is 1. The summed E-state index contributed by atoms with van der Waals surface area (Å²) in [7, 11) is 0. The van der Waals surface area contributed by atoms with Crippen molar-refractivity contribution in [1.29, 1.82) is 0 Å². The van der Waals surface area contributed by atoms with Crippen molar-refractivity contribution in [3.63, 3.8) is 0 Å². The van der Waals surface area contributed by atoms with Crippen molar-refractivity contribution in [2.24, 2.45) is 0 Å². The van der Waals surface area contributed by atoms with Gasteiger partial charge in [-0.05, 0) is 23.8 Å². The first kappa shape index (κ1) is 14.2. The van der Waals surface area contributed by atoms with E-state index in [0.29, 0.717) is 16.9 Å². The molecule has 0 unspecified atom stereocenters. The maximum Gasteiger partial charge on any atom is 0.272 e. The van der Waals surface area contributed by atoms with Crippen molar-refractivity contribution in [2.45, 2.75) is 10.6 Å². The van der Waals surface area contributed by atoms with Crippen molar-refractivity contribution >= 4 is 23.7 Å². The van der Waals surface area contributed by atoms with E-state index in [0.717, 1.165) is 17.2 Å². The lowest BCUT2D eigenvalue weighted by atomic mass is 10.2. The Morgan fingerprint density at radius 1 is 1.20 bits per heavy atom. The molecule has 0 spiro atoms. The van der Waals surface area contributed by atoms with E-state index in [-0.39, 0.29) is 5.69 Å². The molecule has 0 N–H and O–H groups in total. The number of hydrogen-bond acceptors (Lipinski definition) is 4. The normalized spacial score (nSPS) is 10.2. The van der Waals surface area contributed by atoms with E-state index in [4.69, 9.17) is 0 Å². The molecule has 0 saturated heterocycles. The fraction of sp³-hybridized carbons (Fsp3) is 0.0714. The van der Waals surface area contributed by atoms with Gasteiger partial charge in [-0.2, -0.15) is 0 Å². The molecule has 0 heterocycles. The highest BCUT2D eigenvalue weighted by Gasteiger charge is 2.10. The van der Waals surface area contributed by atoms with Crippen LogP contribution in [0.15, 0.2) is 47.4 Å². The average Bonchev–Trinajstić information content (AvgIpc) is 2.45. The summed E-state index contributed by atoms with van der Waals surface area (Å²) in [5, 5.41) is 10.6. The van der Waals surface area contributed by atoms with Crippen LogP contribution in [0.5, 0.6) is 0 Å². The van der Waals surface area contributed by atoms with Crippen LogP contribution in [0, 0.1) is 15.9 Å². The highest BCUT2D eigenvalue weighted by Crippen LogP contribution is 2.25. The number of benzene rings is 2. The molecular weight excluding hydrogens is 281 g/mol. The minimum Gasteiger partial charge on any atom is -0.298 e. The predicted octanol–water partition coefficient (Wildman–Crippen LogP) is 3.84. The molecule has 6 heteroatoms. The van der Waals surface area contributed by atoms with E-state index in [9.17, 15) is 19.3 Å². The molecule has 4 nitrogen and oxygen atoms in total. The van der Waals surface area contributed by atoms with Gasteiger partial charge in [-0.25, -0.2) is 4.39 Å². The lowest BCUT2D eigenvalue weighted by molar-refractivity contribution is -0.385. The second-order valence-corrected chi connectivity index (χ2v) is 5.10. The monoisotopic (exact) mass is 291 g/mol. The SMILES string of the molecule is O=Cc1ccc(SCc2cc(F)cc([N+](=O)[O-])c2)cc1. The Labute approximate surface area is 118 Å². The summed E-state index contributed by atoms with van der Waals surface area (Å²) >= 11 is 1.42. The van der Waals surface area contributed by atoms with E-state index in [1.807, 2.05) is 0 Å². The van der Waals surface area contributed by atoms with Gasteiger partial charge in [0.15, 0.2) is 0 Å². The van der Waals surface area contributed by atoms with Crippen LogP contribution in [0.4, 0.5) is 10.1 Å². The van der Waals surface area contributed by atoms with Crippen LogP contribution in [-0.4, -0.2) is 11.2 Å². The third kappa shape index (κ3) is 3.64. The molecule has 0 saturated carbocycles. The molecule has 20 heavy (non-hydrogen) atoms. The molecule has 2 aromatic rings. The minimum absolute atomic E-state index is 0.253. The topological polar surface area (TPSA) is 60.2 Å². The molecule has 0 aliphatic heterocycles. The Balaban J connectivity index is 2.09. The van der Waals surface area contributed by atoms with Crippen molar-refractivity contribution < 1.29 is 14.1 Å². The number of hydrogen-bond donors (Lipinski definition) is 0. The van der Waals surface area contributed by atoms with Gasteiger partial charge in [0, 0.05) is 22.3 Å². The molecule has 0 aliphatic carbocycles. The Kier molecular flexibility index (Phi) is 4.47. The van der Waals surface area contributed by atoms with Gasteiger partial charge in [-0.15, -0.1) is 11.8 Å². The summed E-state index contributed by atoms with van der Waals surface area (Å²) < 4.78 is 13.3. The highest BCUT2D eigenvalue weighted by atomic mass is 32.2. The van der Waals surface area contributed by atoms with Gasteiger partial charge >= 0.3 is 0 Å². The Morgan fingerprint density at radius 3 is 2.50 bits per heavy atom. The Bertz CT molecular complexity index is 643. The number of nitro benzene ring substituents is 1. The van der Waals surface area contributed by atoms with E-state index in [1.54, 1.807) is 24.3 Å². The first-order valence-electron chi connectivity index (χ1n) is 5.70. The molecule has 2 aromatic carbocycles. The zero-order valence-corrected chi connectivity index (χ0v) is 11.1. The number of nitrogens with zero attached hydrogens (tertiary/aromatic N) is 1. The lowest BCUT2D eigenvalue weighted by Gasteiger charge is -2.03. The summed E-state index contributed by atoms with van der Waals surface area (Å²) in [4.78, 5) is 21.5.